The largest absolute Gasteiger partial charge is 0.491 e. The number of benzene rings is 2. The van der Waals surface area contributed by atoms with Crippen LogP contribution >= 0.6 is 11.6 Å². The molecule has 2 nitrogen and oxygen atoms in total. The number of aldehydes is 1. The maximum absolute atomic E-state index is 11.1. The first kappa shape index (κ1) is 13.6. The summed E-state index contributed by atoms with van der Waals surface area (Å²) in [4.78, 5) is 11.1. The molecule has 0 fully saturated rings. The zero-order valence-electron chi connectivity index (χ0n) is 10.9. The van der Waals surface area contributed by atoms with Gasteiger partial charge in [-0.2, -0.15) is 0 Å². The minimum Gasteiger partial charge on any atom is -0.491 e. The second kappa shape index (κ2) is 5.89. The van der Waals surface area contributed by atoms with Crippen molar-refractivity contribution in [3.63, 3.8) is 0 Å². The van der Waals surface area contributed by atoms with Gasteiger partial charge in [0.15, 0.2) is 6.29 Å². The van der Waals surface area contributed by atoms with Gasteiger partial charge in [0.2, 0.25) is 0 Å². The molecule has 0 bridgehead atoms. The van der Waals surface area contributed by atoms with Gasteiger partial charge in [-0.05, 0) is 49.2 Å². The number of hydrogen-bond donors (Lipinski definition) is 0. The van der Waals surface area contributed by atoms with Crippen molar-refractivity contribution in [1.29, 1.82) is 0 Å². The Hall–Kier alpha value is -1.80. The summed E-state index contributed by atoms with van der Waals surface area (Å²) in [5.41, 5.74) is 2.37. The lowest BCUT2D eigenvalue weighted by molar-refractivity contribution is 0.112. The summed E-state index contributed by atoms with van der Waals surface area (Å²) in [6, 6.07) is 13.0. The Morgan fingerprint density at radius 2 is 1.95 bits per heavy atom. The van der Waals surface area contributed by atoms with E-state index in [9.17, 15) is 4.79 Å². The summed E-state index contributed by atoms with van der Waals surface area (Å²) in [5.74, 6) is 0.791. The summed E-state index contributed by atoms with van der Waals surface area (Å²) in [6.07, 6.45) is 0.933. The van der Waals surface area contributed by atoms with Gasteiger partial charge in [-0.1, -0.05) is 29.8 Å². The molecule has 0 spiro atoms. The molecule has 19 heavy (non-hydrogen) atoms. The van der Waals surface area contributed by atoms with E-state index in [2.05, 4.69) is 0 Å². The topological polar surface area (TPSA) is 26.3 Å². The van der Waals surface area contributed by atoms with E-state index in [4.69, 9.17) is 16.3 Å². The SMILES string of the molecule is CC(C)Oc1cccc(-c2ccc(Cl)cc2C=O)c1. The van der Waals surface area contributed by atoms with Crippen LogP contribution in [0.4, 0.5) is 0 Å². The zero-order chi connectivity index (χ0) is 13.8. The lowest BCUT2D eigenvalue weighted by atomic mass is 10.0. The van der Waals surface area contributed by atoms with E-state index in [1.807, 2.05) is 44.2 Å². The number of hydrogen-bond acceptors (Lipinski definition) is 2. The number of carbonyl (C=O) groups is 1. The summed E-state index contributed by atoms with van der Waals surface area (Å²) in [5, 5.41) is 0.556. The van der Waals surface area contributed by atoms with Crippen LogP contribution in [0.3, 0.4) is 0 Å². The van der Waals surface area contributed by atoms with Crippen LogP contribution in [0.5, 0.6) is 5.75 Å². The van der Waals surface area contributed by atoms with E-state index >= 15 is 0 Å². The van der Waals surface area contributed by atoms with Crippen molar-refractivity contribution in [2.45, 2.75) is 20.0 Å². The fraction of sp³-hybridized carbons (Fsp3) is 0.188. The van der Waals surface area contributed by atoms with E-state index in [1.54, 1.807) is 12.1 Å². The summed E-state index contributed by atoms with van der Waals surface area (Å²) in [7, 11) is 0. The molecule has 0 aromatic heterocycles. The Labute approximate surface area is 118 Å². The van der Waals surface area contributed by atoms with Gasteiger partial charge in [0, 0.05) is 10.6 Å². The number of ether oxygens (including phenoxy) is 1. The zero-order valence-corrected chi connectivity index (χ0v) is 11.6. The molecule has 0 aliphatic heterocycles. The third-order valence-corrected chi connectivity index (χ3v) is 2.89. The third kappa shape index (κ3) is 3.36. The maximum atomic E-state index is 11.1. The molecule has 0 saturated carbocycles. The van der Waals surface area contributed by atoms with Crippen molar-refractivity contribution in [1.82, 2.24) is 0 Å². The van der Waals surface area contributed by atoms with E-state index in [1.165, 1.54) is 0 Å². The van der Waals surface area contributed by atoms with Crippen molar-refractivity contribution >= 4 is 17.9 Å². The van der Waals surface area contributed by atoms with Gasteiger partial charge in [-0.15, -0.1) is 0 Å². The Kier molecular flexibility index (Phi) is 4.23. The van der Waals surface area contributed by atoms with Crippen LogP contribution in [0.25, 0.3) is 11.1 Å². The van der Waals surface area contributed by atoms with E-state index in [0.717, 1.165) is 23.2 Å². The average molecular weight is 275 g/mol. The normalized spacial score (nSPS) is 10.5. The molecule has 0 saturated heterocycles. The third-order valence-electron chi connectivity index (χ3n) is 2.66. The number of halogens is 1. The first-order valence-corrected chi connectivity index (χ1v) is 6.50. The summed E-state index contributed by atoms with van der Waals surface area (Å²) < 4.78 is 5.66. The molecule has 98 valence electrons. The van der Waals surface area contributed by atoms with Gasteiger partial charge < -0.3 is 4.74 Å². The molecule has 2 aromatic rings. The molecule has 0 amide bonds. The molecule has 2 rings (SSSR count). The molecule has 2 aromatic carbocycles. The lowest BCUT2D eigenvalue weighted by Crippen LogP contribution is -2.05. The Balaban J connectivity index is 2.44. The van der Waals surface area contributed by atoms with Gasteiger partial charge in [0.25, 0.3) is 0 Å². The minimum atomic E-state index is 0.117. The highest BCUT2D eigenvalue weighted by Crippen LogP contribution is 2.28. The molecular formula is C16H15ClO2. The average Bonchev–Trinajstić information content (AvgIpc) is 2.38. The van der Waals surface area contributed by atoms with Crippen LogP contribution in [-0.2, 0) is 0 Å². The van der Waals surface area contributed by atoms with Crippen LogP contribution in [-0.4, -0.2) is 12.4 Å². The van der Waals surface area contributed by atoms with E-state index in [-0.39, 0.29) is 6.10 Å². The number of carbonyl (C=O) groups excluding carboxylic acids is 1. The second-order valence-electron chi connectivity index (χ2n) is 4.54. The van der Waals surface area contributed by atoms with Crippen molar-refractivity contribution in [3.05, 3.63) is 53.1 Å². The Morgan fingerprint density at radius 3 is 2.63 bits per heavy atom. The number of rotatable bonds is 4. The van der Waals surface area contributed by atoms with Crippen LogP contribution in [0.1, 0.15) is 24.2 Å². The van der Waals surface area contributed by atoms with Crippen LogP contribution in [0.15, 0.2) is 42.5 Å². The minimum absolute atomic E-state index is 0.117. The van der Waals surface area contributed by atoms with Gasteiger partial charge >= 0.3 is 0 Å². The first-order valence-electron chi connectivity index (χ1n) is 6.12. The summed E-state index contributed by atoms with van der Waals surface area (Å²) >= 11 is 5.90. The van der Waals surface area contributed by atoms with Crippen LogP contribution < -0.4 is 4.74 Å². The summed E-state index contributed by atoms with van der Waals surface area (Å²) in [6.45, 7) is 3.96. The molecule has 0 aliphatic carbocycles. The van der Waals surface area contributed by atoms with Gasteiger partial charge in [0.05, 0.1) is 6.10 Å². The molecule has 0 radical (unpaired) electrons. The smallest absolute Gasteiger partial charge is 0.150 e. The fourth-order valence-electron chi connectivity index (χ4n) is 1.90. The highest BCUT2D eigenvalue weighted by Gasteiger charge is 2.07. The lowest BCUT2D eigenvalue weighted by Gasteiger charge is -2.12. The molecule has 3 heteroatoms. The standard InChI is InChI=1S/C16H15ClO2/c1-11(2)19-15-5-3-4-12(9-15)16-7-6-14(17)8-13(16)10-18/h3-11H,1-2H3. The second-order valence-corrected chi connectivity index (χ2v) is 4.98. The van der Waals surface area contributed by atoms with Crippen molar-refractivity contribution in [3.8, 4) is 16.9 Å². The highest BCUT2D eigenvalue weighted by atomic mass is 35.5. The van der Waals surface area contributed by atoms with Crippen LogP contribution in [0.2, 0.25) is 5.02 Å². The fourth-order valence-corrected chi connectivity index (χ4v) is 2.08. The van der Waals surface area contributed by atoms with Gasteiger partial charge in [-0.25, -0.2) is 0 Å². The van der Waals surface area contributed by atoms with Crippen LogP contribution in [0, 0.1) is 0 Å². The Morgan fingerprint density at radius 1 is 1.16 bits per heavy atom. The van der Waals surface area contributed by atoms with E-state index in [0.29, 0.717) is 10.6 Å². The van der Waals surface area contributed by atoms with Crippen molar-refractivity contribution in [2.75, 3.05) is 0 Å². The molecular weight excluding hydrogens is 260 g/mol. The molecule has 0 aliphatic rings. The van der Waals surface area contributed by atoms with Crippen molar-refractivity contribution in [2.24, 2.45) is 0 Å². The monoisotopic (exact) mass is 274 g/mol. The molecule has 0 unspecified atom stereocenters. The first-order chi connectivity index (χ1) is 9.10. The molecule has 0 heterocycles. The predicted octanol–water partition coefficient (Wildman–Crippen LogP) is 4.61. The van der Waals surface area contributed by atoms with E-state index < -0.39 is 0 Å². The molecule has 0 N–H and O–H groups in total. The molecule has 0 atom stereocenters. The predicted molar refractivity (Wildman–Crippen MR) is 78.0 cm³/mol. The Bertz CT molecular complexity index is 591. The highest BCUT2D eigenvalue weighted by molar-refractivity contribution is 6.31. The van der Waals surface area contributed by atoms with Gasteiger partial charge in [0.1, 0.15) is 5.75 Å². The quantitative estimate of drug-likeness (QED) is 0.761. The maximum Gasteiger partial charge on any atom is 0.150 e. The van der Waals surface area contributed by atoms with Gasteiger partial charge in [-0.3, -0.25) is 4.79 Å². The van der Waals surface area contributed by atoms with Crippen molar-refractivity contribution < 1.29 is 9.53 Å².